The van der Waals surface area contributed by atoms with Crippen LogP contribution in [0.15, 0.2) is 53.9 Å². The van der Waals surface area contributed by atoms with E-state index in [9.17, 15) is 14.0 Å². The lowest BCUT2D eigenvalue weighted by atomic mass is 10.1. The number of aromatic nitrogens is 1. The molecule has 30 heavy (non-hydrogen) atoms. The number of benzene rings is 2. The molecule has 3 rings (SSSR count). The summed E-state index contributed by atoms with van der Waals surface area (Å²) in [4.78, 5) is 28.8. The van der Waals surface area contributed by atoms with Gasteiger partial charge in [0, 0.05) is 17.5 Å². The van der Waals surface area contributed by atoms with Crippen molar-refractivity contribution >= 4 is 23.2 Å². The Labute approximate surface area is 177 Å². The maximum atomic E-state index is 12.9. The highest BCUT2D eigenvalue weighted by atomic mass is 32.1. The summed E-state index contributed by atoms with van der Waals surface area (Å²) in [6.07, 6.45) is -0.416. The highest BCUT2D eigenvalue weighted by Crippen LogP contribution is 2.26. The summed E-state index contributed by atoms with van der Waals surface area (Å²) < 4.78 is 23.3. The number of rotatable bonds is 8. The van der Waals surface area contributed by atoms with Crippen molar-refractivity contribution in [3.8, 4) is 16.3 Å². The van der Waals surface area contributed by atoms with E-state index in [1.54, 1.807) is 24.6 Å². The number of carbonyl (C=O) groups is 2. The van der Waals surface area contributed by atoms with Crippen molar-refractivity contribution in [1.82, 2.24) is 10.3 Å². The third-order valence-corrected chi connectivity index (χ3v) is 5.22. The first kappa shape index (κ1) is 21.4. The van der Waals surface area contributed by atoms with Gasteiger partial charge >= 0.3 is 5.97 Å². The molecule has 0 saturated heterocycles. The fraction of sp³-hybridized carbons (Fsp3) is 0.227. The van der Waals surface area contributed by atoms with Gasteiger partial charge in [0.1, 0.15) is 16.6 Å². The van der Waals surface area contributed by atoms with Gasteiger partial charge in [0.15, 0.2) is 11.8 Å². The van der Waals surface area contributed by atoms with E-state index in [1.165, 1.54) is 30.4 Å². The molecule has 1 aromatic heterocycles. The summed E-state index contributed by atoms with van der Waals surface area (Å²) in [5.41, 5.74) is 1.90. The minimum atomic E-state index is -0.961. The lowest BCUT2D eigenvalue weighted by Crippen LogP contribution is -2.37. The Morgan fingerprint density at radius 1 is 1.13 bits per heavy atom. The van der Waals surface area contributed by atoms with Gasteiger partial charge in [-0.15, -0.1) is 11.3 Å². The molecule has 0 bridgehead atoms. The maximum absolute atomic E-state index is 12.9. The zero-order valence-corrected chi connectivity index (χ0v) is 17.4. The van der Waals surface area contributed by atoms with Crippen LogP contribution in [0.1, 0.15) is 23.0 Å². The van der Waals surface area contributed by atoms with E-state index >= 15 is 0 Å². The second kappa shape index (κ2) is 9.98. The highest BCUT2D eigenvalue weighted by molar-refractivity contribution is 7.13. The van der Waals surface area contributed by atoms with Crippen molar-refractivity contribution in [2.45, 2.75) is 19.4 Å². The van der Waals surface area contributed by atoms with Gasteiger partial charge in [-0.25, -0.2) is 14.2 Å². The Morgan fingerprint density at radius 2 is 1.83 bits per heavy atom. The Morgan fingerprint density at radius 3 is 2.50 bits per heavy atom. The normalized spacial score (nSPS) is 11.6. The molecule has 8 heteroatoms. The molecule has 0 saturated carbocycles. The molecule has 156 valence electrons. The van der Waals surface area contributed by atoms with Crippen LogP contribution >= 0.6 is 11.3 Å². The SMILES string of the molecule is COc1ccc(-c2nc(C(=O)OC(C)C(=O)NCCc3ccc(F)cc3)cs2)cc1. The monoisotopic (exact) mass is 428 g/mol. The molecule has 2 aromatic carbocycles. The molecule has 3 aromatic rings. The molecule has 1 unspecified atom stereocenters. The van der Waals surface area contributed by atoms with E-state index in [0.29, 0.717) is 18.0 Å². The van der Waals surface area contributed by atoms with Gasteiger partial charge in [0.25, 0.3) is 5.91 Å². The van der Waals surface area contributed by atoms with E-state index < -0.39 is 18.0 Å². The van der Waals surface area contributed by atoms with E-state index in [-0.39, 0.29) is 11.5 Å². The second-order valence-corrected chi connectivity index (χ2v) is 7.34. The van der Waals surface area contributed by atoms with Crippen LogP contribution in [-0.4, -0.2) is 36.6 Å². The summed E-state index contributed by atoms with van der Waals surface area (Å²) in [7, 11) is 1.59. The van der Waals surface area contributed by atoms with Crippen LogP contribution in [0.4, 0.5) is 4.39 Å². The molecule has 0 aliphatic heterocycles. The van der Waals surface area contributed by atoms with Gasteiger partial charge in [-0.1, -0.05) is 12.1 Å². The van der Waals surface area contributed by atoms with Crippen LogP contribution in [0, 0.1) is 5.82 Å². The predicted molar refractivity (Wildman–Crippen MR) is 112 cm³/mol. The minimum Gasteiger partial charge on any atom is -0.497 e. The Kier molecular flexibility index (Phi) is 7.13. The van der Waals surface area contributed by atoms with Crippen LogP contribution in [0.3, 0.4) is 0 Å². The summed E-state index contributed by atoms with van der Waals surface area (Å²) in [5.74, 6) is -0.641. The quantitative estimate of drug-likeness (QED) is 0.551. The van der Waals surface area contributed by atoms with Crippen LogP contribution in [-0.2, 0) is 16.0 Å². The molecule has 1 amide bonds. The fourth-order valence-electron chi connectivity index (χ4n) is 2.63. The molecule has 6 nitrogen and oxygen atoms in total. The summed E-state index contributed by atoms with van der Waals surface area (Å²) in [6.45, 7) is 1.85. The second-order valence-electron chi connectivity index (χ2n) is 6.48. The molecular formula is C22H21FN2O4S. The number of thiazole rings is 1. The Hall–Kier alpha value is -3.26. The standard InChI is InChI=1S/C22H21FN2O4S/c1-14(20(26)24-12-11-15-3-7-17(23)8-4-15)29-22(27)19-13-30-21(25-19)16-5-9-18(28-2)10-6-16/h3-10,13-14H,11-12H2,1-2H3,(H,24,26). The fourth-order valence-corrected chi connectivity index (χ4v) is 3.43. The van der Waals surface area contributed by atoms with E-state index in [1.807, 2.05) is 24.3 Å². The number of hydrogen-bond acceptors (Lipinski definition) is 6. The Balaban J connectivity index is 1.50. The first-order chi connectivity index (χ1) is 14.5. The van der Waals surface area contributed by atoms with Gasteiger partial charge < -0.3 is 14.8 Å². The third-order valence-electron chi connectivity index (χ3n) is 4.33. The lowest BCUT2D eigenvalue weighted by molar-refractivity contribution is -0.129. The number of hydrogen-bond donors (Lipinski definition) is 1. The van der Waals surface area contributed by atoms with E-state index in [2.05, 4.69) is 10.3 Å². The van der Waals surface area contributed by atoms with Gasteiger partial charge in [0.2, 0.25) is 0 Å². The van der Waals surface area contributed by atoms with Crippen molar-refractivity contribution < 1.29 is 23.5 Å². The average molecular weight is 428 g/mol. The summed E-state index contributed by atoms with van der Waals surface area (Å²) in [5, 5.41) is 4.97. The topological polar surface area (TPSA) is 77.5 Å². The molecule has 0 radical (unpaired) electrons. The largest absolute Gasteiger partial charge is 0.497 e. The molecule has 0 aliphatic rings. The number of halogens is 1. The van der Waals surface area contributed by atoms with Crippen molar-refractivity contribution in [1.29, 1.82) is 0 Å². The number of esters is 1. The van der Waals surface area contributed by atoms with Gasteiger partial charge in [-0.2, -0.15) is 0 Å². The molecule has 0 fully saturated rings. The van der Waals surface area contributed by atoms with Crippen molar-refractivity contribution in [3.63, 3.8) is 0 Å². The molecule has 1 N–H and O–H groups in total. The number of carbonyl (C=O) groups excluding carboxylic acids is 2. The number of ether oxygens (including phenoxy) is 2. The van der Waals surface area contributed by atoms with Gasteiger partial charge in [-0.05, 0) is 55.3 Å². The van der Waals surface area contributed by atoms with Crippen molar-refractivity contribution in [3.05, 3.63) is 71.0 Å². The van der Waals surface area contributed by atoms with Gasteiger partial charge in [0.05, 0.1) is 7.11 Å². The number of methoxy groups -OCH3 is 1. The molecular weight excluding hydrogens is 407 g/mol. The molecule has 1 atom stereocenters. The third kappa shape index (κ3) is 5.64. The first-order valence-electron chi connectivity index (χ1n) is 9.29. The van der Waals surface area contributed by atoms with Crippen LogP contribution in [0.5, 0.6) is 5.75 Å². The zero-order valence-electron chi connectivity index (χ0n) is 16.6. The zero-order chi connectivity index (χ0) is 21.5. The lowest BCUT2D eigenvalue weighted by Gasteiger charge is -2.12. The number of nitrogens with zero attached hydrogens (tertiary/aromatic N) is 1. The molecule has 0 aliphatic carbocycles. The smallest absolute Gasteiger partial charge is 0.358 e. The molecule has 1 heterocycles. The van der Waals surface area contributed by atoms with Crippen molar-refractivity contribution in [2.75, 3.05) is 13.7 Å². The highest BCUT2D eigenvalue weighted by Gasteiger charge is 2.21. The van der Waals surface area contributed by atoms with Crippen LogP contribution in [0.25, 0.3) is 10.6 Å². The van der Waals surface area contributed by atoms with E-state index in [4.69, 9.17) is 9.47 Å². The summed E-state index contributed by atoms with van der Waals surface area (Å²) >= 11 is 1.31. The van der Waals surface area contributed by atoms with Crippen LogP contribution < -0.4 is 10.1 Å². The average Bonchev–Trinajstić information content (AvgIpc) is 3.25. The molecule has 0 spiro atoms. The first-order valence-corrected chi connectivity index (χ1v) is 10.2. The van der Waals surface area contributed by atoms with Gasteiger partial charge in [-0.3, -0.25) is 4.79 Å². The number of amides is 1. The Bertz CT molecular complexity index is 1000. The minimum absolute atomic E-state index is 0.150. The summed E-state index contributed by atoms with van der Waals surface area (Å²) in [6, 6.07) is 13.4. The number of nitrogens with one attached hydrogen (secondary N) is 1. The maximum Gasteiger partial charge on any atom is 0.358 e. The van der Waals surface area contributed by atoms with E-state index in [0.717, 1.165) is 16.9 Å². The van der Waals surface area contributed by atoms with Crippen LogP contribution in [0.2, 0.25) is 0 Å². The predicted octanol–water partition coefficient (Wildman–Crippen LogP) is 3.86. The van der Waals surface area contributed by atoms with Crippen molar-refractivity contribution in [2.24, 2.45) is 0 Å².